The topological polar surface area (TPSA) is 15.3 Å². The summed E-state index contributed by atoms with van der Waals surface area (Å²) in [5.74, 6) is -0.176. The van der Waals surface area contributed by atoms with Crippen molar-refractivity contribution in [2.24, 2.45) is 0 Å². The molecule has 0 aliphatic carbocycles. The monoisotopic (exact) mass is 210 g/mol. The molecule has 0 atom stereocenters. The van der Waals surface area contributed by atoms with Crippen molar-refractivity contribution in [3.63, 3.8) is 0 Å². The Bertz CT molecular complexity index is 290. The van der Waals surface area contributed by atoms with E-state index in [9.17, 15) is 4.39 Å². The lowest BCUT2D eigenvalue weighted by molar-refractivity contribution is 0.405. The van der Waals surface area contributed by atoms with Gasteiger partial charge in [-0.15, -0.1) is 0 Å². The number of benzene rings is 1. The zero-order valence-electron chi connectivity index (χ0n) is 9.68. The Morgan fingerprint density at radius 2 is 2.00 bits per heavy atom. The molecule has 1 aromatic carbocycles. The van der Waals surface area contributed by atoms with E-state index in [1.807, 2.05) is 27.1 Å². The molecule has 0 saturated heterocycles. The lowest BCUT2D eigenvalue weighted by atomic mass is 10.2. The van der Waals surface area contributed by atoms with Crippen LogP contribution in [0.25, 0.3) is 0 Å². The molecular formula is C12H19FN2. The van der Waals surface area contributed by atoms with E-state index in [-0.39, 0.29) is 5.82 Å². The Morgan fingerprint density at radius 3 is 2.60 bits per heavy atom. The second kappa shape index (κ2) is 5.71. The van der Waals surface area contributed by atoms with E-state index in [0.717, 1.165) is 30.8 Å². The maximum atomic E-state index is 13.0. The van der Waals surface area contributed by atoms with Crippen molar-refractivity contribution in [1.82, 2.24) is 4.90 Å². The number of aryl methyl sites for hydroxylation is 1. The molecule has 0 aliphatic heterocycles. The predicted octanol–water partition coefficient (Wildman–Crippen LogP) is 2.50. The highest BCUT2D eigenvalue weighted by Crippen LogP contribution is 2.12. The number of rotatable bonds is 5. The van der Waals surface area contributed by atoms with E-state index in [1.165, 1.54) is 12.1 Å². The van der Waals surface area contributed by atoms with Crippen molar-refractivity contribution in [3.8, 4) is 0 Å². The SMILES string of the molecule is Cc1cc(F)cc(NCCCN(C)C)c1. The Morgan fingerprint density at radius 1 is 1.27 bits per heavy atom. The van der Waals surface area contributed by atoms with E-state index in [0.29, 0.717) is 0 Å². The first-order chi connectivity index (χ1) is 7.08. The van der Waals surface area contributed by atoms with Gasteiger partial charge in [0.2, 0.25) is 0 Å². The Hall–Kier alpha value is -1.09. The summed E-state index contributed by atoms with van der Waals surface area (Å²) in [6.07, 6.45) is 1.06. The molecule has 0 spiro atoms. The minimum atomic E-state index is -0.176. The Kier molecular flexibility index (Phi) is 4.56. The largest absolute Gasteiger partial charge is 0.385 e. The molecular weight excluding hydrogens is 191 g/mol. The first kappa shape index (κ1) is 12.0. The Balaban J connectivity index is 2.37. The van der Waals surface area contributed by atoms with Crippen LogP contribution in [0.4, 0.5) is 10.1 Å². The first-order valence-electron chi connectivity index (χ1n) is 5.24. The van der Waals surface area contributed by atoms with Crippen LogP contribution in [0.5, 0.6) is 0 Å². The fourth-order valence-corrected chi connectivity index (χ4v) is 1.47. The van der Waals surface area contributed by atoms with E-state index < -0.39 is 0 Å². The fourth-order valence-electron chi connectivity index (χ4n) is 1.47. The van der Waals surface area contributed by atoms with Crippen LogP contribution >= 0.6 is 0 Å². The van der Waals surface area contributed by atoms with Crippen LogP contribution in [0, 0.1) is 12.7 Å². The molecule has 0 aliphatic rings. The number of halogens is 1. The highest BCUT2D eigenvalue weighted by Gasteiger charge is 1.97. The lowest BCUT2D eigenvalue weighted by Gasteiger charge is -2.11. The van der Waals surface area contributed by atoms with Gasteiger partial charge in [0.15, 0.2) is 0 Å². The summed E-state index contributed by atoms with van der Waals surface area (Å²) in [5.41, 5.74) is 1.82. The third-order valence-electron chi connectivity index (χ3n) is 2.15. The summed E-state index contributed by atoms with van der Waals surface area (Å²) < 4.78 is 13.0. The molecule has 0 radical (unpaired) electrons. The molecule has 0 saturated carbocycles. The van der Waals surface area contributed by atoms with Crippen LogP contribution in [0.3, 0.4) is 0 Å². The Labute approximate surface area is 91.1 Å². The van der Waals surface area contributed by atoms with Crippen LogP contribution < -0.4 is 5.32 Å². The van der Waals surface area contributed by atoms with Crippen molar-refractivity contribution in [3.05, 3.63) is 29.6 Å². The minimum Gasteiger partial charge on any atom is -0.385 e. The second-order valence-corrected chi connectivity index (χ2v) is 4.10. The van der Waals surface area contributed by atoms with Crippen LogP contribution in [-0.2, 0) is 0 Å². The number of nitrogens with zero attached hydrogens (tertiary/aromatic N) is 1. The van der Waals surface area contributed by atoms with Gasteiger partial charge < -0.3 is 10.2 Å². The van der Waals surface area contributed by atoms with Gasteiger partial charge in [0.05, 0.1) is 0 Å². The van der Waals surface area contributed by atoms with E-state index >= 15 is 0 Å². The molecule has 0 bridgehead atoms. The molecule has 1 rings (SSSR count). The van der Waals surface area contributed by atoms with E-state index in [1.54, 1.807) is 0 Å². The van der Waals surface area contributed by atoms with Crippen LogP contribution in [0.15, 0.2) is 18.2 Å². The van der Waals surface area contributed by atoms with E-state index in [4.69, 9.17) is 0 Å². The minimum absolute atomic E-state index is 0.176. The summed E-state index contributed by atoms with van der Waals surface area (Å²) in [6.45, 7) is 3.82. The van der Waals surface area contributed by atoms with Crippen molar-refractivity contribution >= 4 is 5.69 Å². The predicted molar refractivity (Wildman–Crippen MR) is 62.8 cm³/mol. The van der Waals surface area contributed by atoms with Gasteiger partial charge >= 0.3 is 0 Å². The first-order valence-corrected chi connectivity index (χ1v) is 5.24. The molecule has 1 aromatic rings. The standard InChI is InChI=1S/C12H19FN2/c1-10-7-11(13)9-12(8-10)14-5-4-6-15(2)3/h7-9,14H,4-6H2,1-3H3. The van der Waals surface area contributed by atoms with Gasteiger partial charge in [0.1, 0.15) is 5.82 Å². The van der Waals surface area contributed by atoms with Gasteiger partial charge in [-0.2, -0.15) is 0 Å². The fraction of sp³-hybridized carbons (Fsp3) is 0.500. The average molecular weight is 210 g/mol. The zero-order valence-corrected chi connectivity index (χ0v) is 9.68. The molecule has 0 fully saturated rings. The molecule has 15 heavy (non-hydrogen) atoms. The second-order valence-electron chi connectivity index (χ2n) is 4.10. The normalized spacial score (nSPS) is 10.7. The van der Waals surface area contributed by atoms with Crippen LogP contribution in [0.1, 0.15) is 12.0 Å². The maximum Gasteiger partial charge on any atom is 0.125 e. The average Bonchev–Trinajstić information content (AvgIpc) is 2.10. The smallest absolute Gasteiger partial charge is 0.125 e. The number of nitrogens with one attached hydrogen (secondary N) is 1. The van der Waals surface area contributed by atoms with Crippen molar-refractivity contribution < 1.29 is 4.39 Å². The van der Waals surface area contributed by atoms with Gasteiger partial charge in [0, 0.05) is 12.2 Å². The quantitative estimate of drug-likeness (QED) is 0.751. The summed E-state index contributed by atoms with van der Waals surface area (Å²) in [6, 6.07) is 5.02. The number of anilines is 1. The van der Waals surface area contributed by atoms with Crippen LogP contribution in [0.2, 0.25) is 0 Å². The third-order valence-corrected chi connectivity index (χ3v) is 2.15. The van der Waals surface area contributed by atoms with Gasteiger partial charge in [-0.25, -0.2) is 4.39 Å². The summed E-state index contributed by atoms with van der Waals surface area (Å²) in [5, 5.41) is 3.22. The number of hydrogen-bond donors (Lipinski definition) is 1. The van der Waals surface area contributed by atoms with Gasteiger partial charge in [-0.3, -0.25) is 0 Å². The van der Waals surface area contributed by atoms with Crippen molar-refractivity contribution in [2.75, 3.05) is 32.5 Å². The van der Waals surface area contributed by atoms with Gasteiger partial charge in [-0.05, 0) is 57.7 Å². The third kappa shape index (κ3) is 4.79. The summed E-state index contributed by atoms with van der Waals surface area (Å²) in [4.78, 5) is 2.14. The summed E-state index contributed by atoms with van der Waals surface area (Å²) >= 11 is 0. The molecule has 1 N–H and O–H groups in total. The highest BCUT2D eigenvalue weighted by molar-refractivity contribution is 5.45. The van der Waals surface area contributed by atoms with Crippen molar-refractivity contribution in [2.45, 2.75) is 13.3 Å². The molecule has 0 heterocycles. The molecule has 0 amide bonds. The molecule has 0 unspecified atom stereocenters. The number of hydrogen-bond acceptors (Lipinski definition) is 2. The maximum absolute atomic E-state index is 13.0. The lowest BCUT2D eigenvalue weighted by Crippen LogP contribution is -2.16. The van der Waals surface area contributed by atoms with E-state index in [2.05, 4.69) is 10.2 Å². The highest BCUT2D eigenvalue weighted by atomic mass is 19.1. The molecule has 0 aromatic heterocycles. The molecule has 3 heteroatoms. The van der Waals surface area contributed by atoms with Gasteiger partial charge in [0.25, 0.3) is 0 Å². The summed E-state index contributed by atoms with van der Waals surface area (Å²) in [7, 11) is 4.10. The zero-order chi connectivity index (χ0) is 11.3. The molecule has 2 nitrogen and oxygen atoms in total. The van der Waals surface area contributed by atoms with Gasteiger partial charge in [-0.1, -0.05) is 0 Å². The molecule has 84 valence electrons. The van der Waals surface area contributed by atoms with Crippen LogP contribution in [-0.4, -0.2) is 32.1 Å². The van der Waals surface area contributed by atoms with Crippen molar-refractivity contribution in [1.29, 1.82) is 0 Å².